The highest BCUT2D eigenvalue weighted by atomic mass is 79.9. The minimum atomic E-state index is -1.24. The van der Waals surface area contributed by atoms with E-state index in [1.807, 2.05) is 24.3 Å². The Bertz CT molecular complexity index is 490. The molecule has 0 saturated carbocycles. The third-order valence-corrected chi connectivity index (χ3v) is 3.77. The third-order valence-electron chi connectivity index (χ3n) is 3.24. The highest BCUT2D eigenvalue weighted by molar-refractivity contribution is 9.10. The molecule has 1 aromatic carbocycles. The Morgan fingerprint density at radius 2 is 1.90 bits per heavy atom. The average Bonchev–Trinajstić information content (AvgIpc) is 2.40. The molecule has 0 bridgehead atoms. The molecule has 20 heavy (non-hydrogen) atoms. The number of aliphatic carboxylic acids is 1. The fourth-order valence-electron chi connectivity index (χ4n) is 1.56. The van der Waals surface area contributed by atoms with Crippen molar-refractivity contribution in [2.45, 2.75) is 32.4 Å². The maximum atomic E-state index is 12.0. The number of amides is 2. The number of urea groups is 1. The van der Waals surface area contributed by atoms with Crippen LogP contribution in [0, 0.1) is 0 Å². The van der Waals surface area contributed by atoms with Crippen LogP contribution in [0.4, 0.5) is 4.79 Å². The number of rotatable bonds is 5. The molecular weight excluding hydrogens is 324 g/mol. The largest absolute Gasteiger partial charge is 0.480 e. The van der Waals surface area contributed by atoms with Crippen LogP contribution in [0.25, 0.3) is 0 Å². The van der Waals surface area contributed by atoms with Crippen LogP contribution >= 0.6 is 15.9 Å². The lowest BCUT2D eigenvalue weighted by atomic mass is 10.00. The molecule has 0 aliphatic heterocycles. The lowest BCUT2D eigenvalue weighted by molar-refractivity contribution is -0.143. The van der Waals surface area contributed by atoms with Gasteiger partial charge in [-0.05, 0) is 31.0 Å². The maximum absolute atomic E-state index is 12.0. The summed E-state index contributed by atoms with van der Waals surface area (Å²) >= 11 is 3.35. The summed E-state index contributed by atoms with van der Waals surface area (Å²) in [5, 5.41) is 11.7. The first kappa shape index (κ1) is 16.5. The Morgan fingerprint density at radius 3 is 2.35 bits per heavy atom. The SMILES string of the molecule is CCC(C)(NC(=O)N(C)Cc1ccc(Br)cc1)C(=O)O. The topological polar surface area (TPSA) is 69.6 Å². The Morgan fingerprint density at radius 1 is 1.35 bits per heavy atom. The second kappa shape index (κ2) is 6.74. The van der Waals surface area contributed by atoms with Gasteiger partial charge < -0.3 is 15.3 Å². The van der Waals surface area contributed by atoms with Crippen molar-refractivity contribution in [3.63, 3.8) is 0 Å². The van der Waals surface area contributed by atoms with Gasteiger partial charge in [-0.3, -0.25) is 0 Å². The molecule has 0 radical (unpaired) electrons. The van der Waals surface area contributed by atoms with Gasteiger partial charge in [-0.25, -0.2) is 9.59 Å². The molecule has 1 atom stereocenters. The number of carbonyl (C=O) groups excluding carboxylic acids is 1. The van der Waals surface area contributed by atoms with Crippen LogP contribution in [-0.2, 0) is 11.3 Å². The number of hydrogen-bond donors (Lipinski definition) is 2. The standard InChI is InChI=1S/C14H19BrN2O3/c1-4-14(2,12(18)19)16-13(20)17(3)9-10-5-7-11(15)8-6-10/h5-8H,4,9H2,1-3H3,(H,16,20)(H,18,19). The van der Waals surface area contributed by atoms with Crippen molar-refractivity contribution in [2.75, 3.05) is 7.05 Å². The van der Waals surface area contributed by atoms with Crippen LogP contribution < -0.4 is 5.32 Å². The van der Waals surface area contributed by atoms with Crippen molar-refractivity contribution in [3.05, 3.63) is 34.3 Å². The van der Waals surface area contributed by atoms with E-state index in [2.05, 4.69) is 21.2 Å². The highest BCUT2D eigenvalue weighted by Crippen LogP contribution is 2.13. The second-order valence-corrected chi connectivity index (χ2v) is 5.82. The third kappa shape index (κ3) is 4.23. The molecule has 0 spiro atoms. The van der Waals surface area contributed by atoms with Crippen LogP contribution in [0.5, 0.6) is 0 Å². The van der Waals surface area contributed by atoms with Gasteiger partial charge in [0, 0.05) is 18.1 Å². The van der Waals surface area contributed by atoms with Crippen molar-refractivity contribution in [1.82, 2.24) is 10.2 Å². The van der Waals surface area contributed by atoms with Crippen LogP contribution in [0.2, 0.25) is 0 Å². The summed E-state index contributed by atoms with van der Waals surface area (Å²) in [4.78, 5) is 24.7. The number of carboxylic acids is 1. The molecule has 1 unspecified atom stereocenters. The lowest BCUT2D eigenvalue weighted by Crippen LogP contribution is -2.54. The Balaban J connectivity index is 2.67. The molecule has 1 rings (SSSR count). The summed E-state index contributed by atoms with van der Waals surface area (Å²) in [6.45, 7) is 3.64. The first-order valence-corrected chi connectivity index (χ1v) is 7.09. The number of carbonyl (C=O) groups is 2. The van der Waals surface area contributed by atoms with Gasteiger partial charge in [-0.15, -0.1) is 0 Å². The van der Waals surface area contributed by atoms with Crippen molar-refractivity contribution in [2.24, 2.45) is 0 Å². The fourth-order valence-corrected chi connectivity index (χ4v) is 1.82. The van der Waals surface area contributed by atoms with Crippen molar-refractivity contribution in [3.8, 4) is 0 Å². The number of nitrogens with zero attached hydrogens (tertiary/aromatic N) is 1. The van der Waals surface area contributed by atoms with Gasteiger partial charge in [0.1, 0.15) is 5.54 Å². The molecule has 2 amide bonds. The Kier molecular flexibility index (Phi) is 5.56. The van der Waals surface area contributed by atoms with Gasteiger partial charge in [-0.1, -0.05) is 35.0 Å². The van der Waals surface area contributed by atoms with E-state index in [4.69, 9.17) is 5.11 Å². The zero-order chi connectivity index (χ0) is 15.3. The van der Waals surface area contributed by atoms with E-state index in [-0.39, 0.29) is 0 Å². The zero-order valence-corrected chi connectivity index (χ0v) is 13.4. The van der Waals surface area contributed by atoms with E-state index >= 15 is 0 Å². The number of carboxylic acid groups (broad SMARTS) is 1. The smallest absolute Gasteiger partial charge is 0.329 e. The van der Waals surface area contributed by atoms with Crippen molar-refractivity contribution in [1.29, 1.82) is 0 Å². The molecule has 5 nitrogen and oxygen atoms in total. The van der Waals surface area contributed by atoms with Crippen LogP contribution in [-0.4, -0.2) is 34.6 Å². The average molecular weight is 343 g/mol. The van der Waals surface area contributed by atoms with E-state index in [9.17, 15) is 9.59 Å². The van der Waals surface area contributed by atoms with E-state index in [1.54, 1.807) is 14.0 Å². The van der Waals surface area contributed by atoms with Gasteiger partial charge in [0.2, 0.25) is 0 Å². The number of benzene rings is 1. The van der Waals surface area contributed by atoms with Crippen molar-refractivity contribution < 1.29 is 14.7 Å². The minimum absolute atomic E-state index is 0.320. The molecule has 2 N–H and O–H groups in total. The van der Waals surface area contributed by atoms with Gasteiger partial charge in [-0.2, -0.15) is 0 Å². The Hall–Kier alpha value is -1.56. The molecule has 0 fully saturated rings. The minimum Gasteiger partial charge on any atom is -0.480 e. The Labute approximate surface area is 127 Å². The maximum Gasteiger partial charge on any atom is 0.329 e. The summed E-state index contributed by atoms with van der Waals surface area (Å²) in [6, 6.07) is 7.21. The van der Waals surface area contributed by atoms with Crippen LogP contribution in [0.15, 0.2) is 28.7 Å². The zero-order valence-electron chi connectivity index (χ0n) is 11.8. The van der Waals surface area contributed by atoms with E-state index < -0.39 is 17.5 Å². The summed E-state index contributed by atoms with van der Waals surface area (Å²) in [6.07, 6.45) is 0.320. The second-order valence-electron chi connectivity index (χ2n) is 4.90. The van der Waals surface area contributed by atoms with E-state index in [0.29, 0.717) is 13.0 Å². The van der Waals surface area contributed by atoms with Crippen molar-refractivity contribution >= 4 is 27.9 Å². The first-order chi connectivity index (χ1) is 9.28. The molecule has 6 heteroatoms. The first-order valence-electron chi connectivity index (χ1n) is 6.29. The molecular formula is C14H19BrN2O3. The quantitative estimate of drug-likeness (QED) is 0.864. The summed E-state index contributed by atoms with van der Waals surface area (Å²) in [7, 11) is 1.63. The molecule has 0 saturated heterocycles. The van der Waals surface area contributed by atoms with E-state index in [1.165, 1.54) is 11.8 Å². The van der Waals surface area contributed by atoms with Gasteiger partial charge in [0.05, 0.1) is 0 Å². The normalized spacial score (nSPS) is 13.4. The molecule has 0 aromatic heterocycles. The predicted molar refractivity (Wildman–Crippen MR) is 80.5 cm³/mol. The number of nitrogens with one attached hydrogen (secondary N) is 1. The van der Waals surface area contributed by atoms with Gasteiger partial charge in [0.25, 0.3) is 0 Å². The number of hydrogen-bond acceptors (Lipinski definition) is 2. The summed E-state index contributed by atoms with van der Waals surface area (Å²) < 4.78 is 0.970. The van der Waals surface area contributed by atoms with Gasteiger partial charge >= 0.3 is 12.0 Å². The summed E-state index contributed by atoms with van der Waals surface area (Å²) in [5.41, 5.74) is -0.273. The molecule has 110 valence electrons. The molecule has 0 aliphatic rings. The lowest BCUT2D eigenvalue weighted by Gasteiger charge is -2.28. The predicted octanol–water partition coefficient (Wildman–Crippen LogP) is 2.84. The fraction of sp³-hybridized carbons (Fsp3) is 0.429. The monoisotopic (exact) mass is 342 g/mol. The molecule has 1 aromatic rings. The number of halogens is 1. The van der Waals surface area contributed by atoms with Crippen LogP contribution in [0.3, 0.4) is 0 Å². The van der Waals surface area contributed by atoms with Crippen LogP contribution in [0.1, 0.15) is 25.8 Å². The van der Waals surface area contributed by atoms with Gasteiger partial charge in [0.15, 0.2) is 0 Å². The molecule has 0 heterocycles. The van der Waals surface area contributed by atoms with E-state index in [0.717, 1.165) is 10.0 Å². The summed E-state index contributed by atoms with van der Waals surface area (Å²) in [5.74, 6) is -1.04. The highest BCUT2D eigenvalue weighted by Gasteiger charge is 2.33. The molecule has 0 aliphatic carbocycles.